The minimum Gasteiger partial charge on any atom is -0.504 e. The van der Waals surface area contributed by atoms with Crippen molar-refractivity contribution in [2.75, 3.05) is 27.4 Å². The van der Waals surface area contributed by atoms with E-state index in [1.807, 2.05) is 0 Å². The van der Waals surface area contributed by atoms with Crippen LogP contribution in [0.2, 0.25) is 0 Å². The first-order valence-corrected chi connectivity index (χ1v) is 19.3. The van der Waals surface area contributed by atoms with Crippen molar-refractivity contribution in [1.29, 1.82) is 0 Å². The Morgan fingerprint density at radius 1 is 0.738 bits per heavy atom. The molecular weight excluding hydrogens is 812 g/mol. The molecule has 16 atom stereocenters. The summed E-state index contributed by atoms with van der Waals surface area (Å²) in [5.41, 5.74) is -0.438. The van der Waals surface area contributed by atoms with Gasteiger partial charge in [0.2, 0.25) is 6.29 Å². The molecule has 332 valence electrons. The molecule has 2 aromatic carbocycles. The van der Waals surface area contributed by atoms with Gasteiger partial charge in [0.1, 0.15) is 42.2 Å². The van der Waals surface area contributed by atoms with E-state index in [4.69, 9.17) is 47.4 Å². The number of carbonyl (C=O) groups is 2. The molecule has 0 spiro atoms. The van der Waals surface area contributed by atoms with Crippen LogP contribution in [-0.4, -0.2) is 166 Å². The van der Waals surface area contributed by atoms with Crippen molar-refractivity contribution in [3.8, 4) is 23.0 Å². The van der Waals surface area contributed by atoms with Gasteiger partial charge >= 0.3 is 11.9 Å². The largest absolute Gasteiger partial charge is 0.504 e. The van der Waals surface area contributed by atoms with Crippen molar-refractivity contribution in [2.24, 2.45) is 11.8 Å². The first kappa shape index (κ1) is 44.2. The Balaban J connectivity index is 1.14. The smallest absolute Gasteiger partial charge is 0.331 e. The third-order valence-corrected chi connectivity index (χ3v) is 11.4. The van der Waals surface area contributed by atoms with Crippen molar-refractivity contribution >= 4 is 24.1 Å². The number of benzene rings is 2. The van der Waals surface area contributed by atoms with Crippen molar-refractivity contribution < 1.29 is 97.8 Å². The molecule has 5 aliphatic rings. The van der Waals surface area contributed by atoms with E-state index in [0.717, 1.165) is 12.2 Å². The van der Waals surface area contributed by atoms with Crippen LogP contribution in [0.25, 0.3) is 12.2 Å². The fourth-order valence-corrected chi connectivity index (χ4v) is 8.09. The Morgan fingerprint density at radius 2 is 1.34 bits per heavy atom. The van der Waals surface area contributed by atoms with Crippen LogP contribution in [0.15, 0.2) is 60.9 Å². The quantitative estimate of drug-likeness (QED) is 0.0657. The summed E-state index contributed by atoms with van der Waals surface area (Å²) in [6.07, 6.45) is -10.8. The summed E-state index contributed by atoms with van der Waals surface area (Å²) in [5.74, 6) is -3.43. The second-order valence-corrected chi connectivity index (χ2v) is 15.1. The maximum atomic E-state index is 13.5. The van der Waals surface area contributed by atoms with Crippen LogP contribution in [0.1, 0.15) is 18.1 Å². The van der Waals surface area contributed by atoms with Gasteiger partial charge in [0.25, 0.3) is 0 Å². The fourth-order valence-electron chi connectivity index (χ4n) is 8.09. The Labute approximate surface area is 348 Å². The molecule has 2 aromatic rings. The van der Waals surface area contributed by atoms with Crippen LogP contribution in [0.4, 0.5) is 0 Å². The van der Waals surface area contributed by atoms with E-state index in [9.17, 15) is 50.4 Å². The van der Waals surface area contributed by atoms with Crippen molar-refractivity contribution in [2.45, 2.75) is 92.4 Å². The number of aromatic hydroxyl groups is 2. The molecule has 0 amide bonds. The number of epoxide rings is 1. The van der Waals surface area contributed by atoms with E-state index in [1.165, 1.54) is 76.0 Å². The normalized spacial score (nSPS) is 37.8. The molecule has 4 heterocycles. The molecule has 4 fully saturated rings. The number of aliphatic hydroxyl groups is 6. The summed E-state index contributed by atoms with van der Waals surface area (Å²) in [6.45, 7) is 0.222. The predicted octanol–water partition coefficient (Wildman–Crippen LogP) is -0.781. The lowest BCUT2D eigenvalue weighted by atomic mass is 9.85. The zero-order chi connectivity index (χ0) is 43.7. The SMILES string of the molecule is COc1cc(/C=C/C(=O)O[C@@H]2[C@H](O[C@H]3C4C=COC(O[C@@H]5O[C@H](CO)[C@@H](O)[C@H](O)[C@H]5O)C4[C@@]4(CO)O[C@@H]34)O[C@H](C)[C@H](O)[C@H]2OC(=O)/C=C/c2ccc(O)c(OC)c2)ccc1O. The number of ether oxygens (including phenoxy) is 10. The number of phenols is 2. The highest BCUT2D eigenvalue weighted by molar-refractivity contribution is 5.88. The predicted molar refractivity (Wildman–Crippen MR) is 203 cm³/mol. The molecule has 8 N–H and O–H groups in total. The van der Waals surface area contributed by atoms with E-state index in [0.29, 0.717) is 11.1 Å². The lowest BCUT2D eigenvalue weighted by molar-refractivity contribution is -0.347. The highest BCUT2D eigenvalue weighted by Crippen LogP contribution is 2.61. The van der Waals surface area contributed by atoms with E-state index in [-0.39, 0.29) is 23.0 Å². The van der Waals surface area contributed by atoms with Gasteiger partial charge in [-0.05, 0) is 60.5 Å². The summed E-state index contributed by atoms with van der Waals surface area (Å²) in [4.78, 5) is 26.8. The van der Waals surface area contributed by atoms with Gasteiger partial charge < -0.3 is 88.2 Å². The van der Waals surface area contributed by atoms with Crippen molar-refractivity contribution in [1.82, 2.24) is 0 Å². The Kier molecular flexibility index (Phi) is 13.2. The lowest BCUT2D eigenvalue weighted by Gasteiger charge is -2.44. The average molecular weight is 861 g/mol. The van der Waals surface area contributed by atoms with E-state index in [2.05, 4.69) is 0 Å². The number of phenolic OH excluding ortho intramolecular Hbond substituents is 2. The number of hydrogen-bond acceptors (Lipinski definition) is 20. The second-order valence-electron chi connectivity index (χ2n) is 15.1. The van der Waals surface area contributed by atoms with Crippen LogP contribution < -0.4 is 9.47 Å². The molecule has 20 nitrogen and oxygen atoms in total. The molecule has 7 rings (SSSR count). The number of aliphatic hydroxyl groups excluding tert-OH is 6. The molecule has 0 aromatic heterocycles. The number of rotatable bonds is 14. The molecule has 0 bridgehead atoms. The summed E-state index contributed by atoms with van der Waals surface area (Å²) in [5, 5.41) is 83.0. The molecule has 3 unspecified atom stereocenters. The number of methoxy groups -OCH3 is 2. The molecule has 1 aliphatic carbocycles. The lowest BCUT2D eigenvalue weighted by Crippen LogP contribution is -2.61. The Hall–Kier alpha value is -4.84. The van der Waals surface area contributed by atoms with Crippen molar-refractivity contribution in [3.63, 3.8) is 0 Å². The highest BCUT2D eigenvalue weighted by atomic mass is 16.8. The molecular formula is C41H48O20. The van der Waals surface area contributed by atoms with Gasteiger partial charge in [0.05, 0.1) is 51.8 Å². The number of carbonyl (C=O) groups excluding carboxylic acids is 2. The minimum absolute atomic E-state index is 0.120. The van der Waals surface area contributed by atoms with Crippen LogP contribution >= 0.6 is 0 Å². The van der Waals surface area contributed by atoms with Gasteiger partial charge in [0, 0.05) is 18.1 Å². The van der Waals surface area contributed by atoms with Crippen molar-refractivity contribution in [3.05, 3.63) is 72.0 Å². The third-order valence-electron chi connectivity index (χ3n) is 11.4. The Bertz CT molecular complexity index is 1990. The zero-order valence-electron chi connectivity index (χ0n) is 33.0. The molecule has 1 saturated carbocycles. The van der Waals surface area contributed by atoms with Crippen LogP contribution in [0, 0.1) is 11.8 Å². The van der Waals surface area contributed by atoms with Crippen LogP contribution in [-0.2, 0) is 47.5 Å². The van der Waals surface area contributed by atoms with Gasteiger partial charge in [0.15, 0.2) is 47.8 Å². The van der Waals surface area contributed by atoms with E-state index < -0.39 is 122 Å². The molecule has 61 heavy (non-hydrogen) atoms. The maximum absolute atomic E-state index is 13.5. The maximum Gasteiger partial charge on any atom is 0.331 e. The summed E-state index contributed by atoms with van der Waals surface area (Å²) < 4.78 is 57.8. The van der Waals surface area contributed by atoms with Gasteiger partial charge in [-0.1, -0.05) is 12.1 Å². The summed E-state index contributed by atoms with van der Waals surface area (Å²) in [7, 11) is 2.72. The van der Waals surface area contributed by atoms with Gasteiger partial charge in [-0.15, -0.1) is 0 Å². The van der Waals surface area contributed by atoms with Gasteiger partial charge in [-0.2, -0.15) is 0 Å². The molecule has 0 radical (unpaired) electrons. The number of hydrogen-bond donors (Lipinski definition) is 8. The van der Waals surface area contributed by atoms with E-state index in [1.54, 1.807) is 6.08 Å². The summed E-state index contributed by atoms with van der Waals surface area (Å²) >= 11 is 0. The fraction of sp³-hybridized carbons (Fsp3) is 0.512. The van der Waals surface area contributed by atoms with Crippen LogP contribution in [0.3, 0.4) is 0 Å². The Morgan fingerprint density at radius 3 is 1.92 bits per heavy atom. The topological polar surface area (TPSA) is 292 Å². The highest BCUT2D eigenvalue weighted by Gasteiger charge is 2.77. The molecule has 4 aliphatic heterocycles. The monoisotopic (exact) mass is 860 g/mol. The number of fused-ring (bicyclic) bond motifs is 3. The molecule has 20 heteroatoms. The second kappa shape index (κ2) is 18.2. The van der Waals surface area contributed by atoms with Gasteiger partial charge in [-0.3, -0.25) is 0 Å². The zero-order valence-corrected chi connectivity index (χ0v) is 33.0. The average Bonchev–Trinajstić information content (AvgIpc) is 3.93. The van der Waals surface area contributed by atoms with Crippen LogP contribution in [0.5, 0.6) is 23.0 Å². The first-order chi connectivity index (χ1) is 29.2. The summed E-state index contributed by atoms with van der Waals surface area (Å²) in [6, 6.07) is 8.70. The van der Waals surface area contributed by atoms with E-state index >= 15 is 0 Å². The number of esters is 2. The minimum atomic E-state index is -1.76. The third kappa shape index (κ3) is 8.79. The van der Waals surface area contributed by atoms with Gasteiger partial charge in [-0.25, -0.2) is 9.59 Å². The molecule has 3 saturated heterocycles. The standard InChI is InChI=1S/C41H48O20/c1-18-30(48)35(57-27(46)10-6-19-4-8-22(44)24(14-19)52-2)36(58-28(47)11-7-20-5-9-23(45)25(15-20)53-3)40(55-18)59-34-21-12-13-54-38(29(21)41(17-43)37(34)61-41)60-39-33(51)32(50)31(49)26(16-42)56-39/h4-15,18,21,26,29-40,42-45,48-51H,16-17H2,1-3H3/b10-6+,11-7+/t18-,21?,26-,29?,30+,31-,32+,33-,34+,35-,36+,37+,38?,39+,40+,41-/m1/s1. The first-order valence-electron chi connectivity index (χ1n) is 19.3.